The van der Waals surface area contributed by atoms with Gasteiger partial charge in [0, 0.05) is 25.7 Å². The van der Waals surface area contributed by atoms with Crippen LogP contribution in [0.4, 0.5) is 0 Å². The van der Waals surface area contributed by atoms with Gasteiger partial charge in [0.2, 0.25) is 0 Å². The zero-order valence-electron chi connectivity index (χ0n) is 13.0. The van der Waals surface area contributed by atoms with Crippen molar-refractivity contribution >= 4 is 0 Å². The fourth-order valence-electron chi connectivity index (χ4n) is 3.33. The highest BCUT2D eigenvalue weighted by Crippen LogP contribution is 2.17. The molecule has 1 saturated heterocycles. The molecule has 1 aromatic carbocycles. The van der Waals surface area contributed by atoms with Crippen LogP contribution in [0.15, 0.2) is 24.3 Å². The monoisotopic (exact) mass is 275 g/mol. The lowest BCUT2D eigenvalue weighted by Gasteiger charge is -2.26. The molecule has 1 aliphatic heterocycles. The first-order valence-corrected chi connectivity index (χ1v) is 8.01. The maximum absolute atomic E-state index is 5.81. The molecule has 3 heteroatoms. The van der Waals surface area contributed by atoms with Gasteiger partial charge in [-0.25, -0.2) is 0 Å². The second-order valence-electron chi connectivity index (χ2n) is 5.69. The van der Waals surface area contributed by atoms with E-state index in [2.05, 4.69) is 47.9 Å². The van der Waals surface area contributed by atoms with E-state index in [-0.39, 0.29) is 0 Å². The van der Waals surface area contributed by atoms with Crippen LogP contribution < -0.4 is 5.73 Å². The van der Waals surface area contributed by atoms with Crippen LogP contribution in [0.25, 0.3) is 0 Å². The molecule has 0 aliphatic carbocycles. The lowest BCUT2D eigenvalue weighted by atomic mass is 10.0. The summed E-state index contributed by atoms with van der Waals surface area (Å²) in [5.41, 5.74) is 8.53. The SMILES string of the molecule is CCN(CC)C1CCN(CCc2ccccc2CN)C1. The molecule has 0 radical (unpaired) electrons. The van der Waals surface area contributed by atoms with Gasteiger partial charge in [0.25, 0.3) is 0 Å². The second-order valence-corrected chi connectivity index (χ2v) is 5.69. The van der Waals surface area contributed by atoms with Crippen LogP contribution in [0.2, 0.25) is 0 Å². The van der Waals surface area contributed by atoms with Crippen molar-refractivity contribution in [1.82, 2.24) is 9.80 Å². The summed E-state index contributed by atoms with van der Waals surface area (Å²) >= 11 is 0. The third-order valence-electron chi connectivity index (χ3n) is 4.61. The minimum Gasteiger partial charge on any atom is -0.326 e. The van der Waals surface area contributed by atoms with Crippen LogP contribution >= 0.6 is 0 Å². The number of nitrogens with zero attached hydrogens (tertiary/aromatic N) is 2. The molecule has 1 aliphatic rings. The highest BCUT2D eigenvalue weighted by atomic mass is 15.2. The van der Waals surface area contributed by atoms with Crippen molar-refractivity contribution in [3.63, 3.8) is 0 Å². The van der Waals surface area contributed by atoms with Crippen molar-refractivity contribution in [3.8, 4) is 0 Å². The van der Waals surface area contributed by atoms with E-state index in [4.69, 9.17) is 5.73 Å². The Kier molecular flexibility index (Phi) is 6.02. The van der Waals surface area contributed by atoms with Gasteiger partial charge >= 0.3 is 0 Å². The lowest BCUT2D eigenvalue weighted by Crippen LogP contribution is -2.37. The topological polar surface area (TPSA) is 32.5 Å². The van der Waals surface area contributed by atoms with Gasteiger partial charge in [-0.1, -0.05) is 38.1 Å². The van der Waals surface area contributed by atoms with Crippen LogP contribution in [-0.4, -0.2) is 48.6 Å². The van der Waals surface area contributed by atoms with Gasteiger partial charge in [-0.05, 0) is 43.6 Å². The third kappa shape index (κ3) is 3.81. The predicted octanol–water partition coefficient (Wildman–Crippen LogP) is 2.10. The summed E-state index contributed by atoms with van der Waals surface area (Å²) < 4.78 is 0. The van der Waals surface area contributed by atoms with E-state index >= 15 is 0 Å². The Labute approximate surface area is 123 Å². The number of hydrogen-bond acceptors (Lipinski definition) is 3. The Morgan fingerprint density at radius 3 is 2.55 bits per heavy atom. The van der Waals surface area contributed by atoms with E-state index in [9.17, 15) is 0 Å². The minimum absolute atomic E-state index is 0.651. The van der Waals surface area contributed by atoms with Gasteiger partial charge in [0.05, 0.1) is 0 Å². The normalized spacial score (nSPS) is 19.9. The molecule has 2 rings (SSSR count). The summed E-state index contributed by atoms with van der Waals surface area (Å²) in [5.74, 6) is 0. The van der Waals surface area contributed by atoms with Gasteiger partial charge in [-0.15, -0.1) is 0 Å². The quantitative estimate of drug-likeness (QED) is 0.827. The summed E-state index contributed by atoms with van der Waals surface area (Å²) in [6.07, 6.45) is 2.44. The van der Waals surface area contributed by atoms with Crippen LogP contribution in [0, 0.1) is 0 Å². The molecule has 0 spiro atoms. The van der Waals surface area contributed by atoms with E-state index in [1.54, 1.807) is 0 Å². The van der Waals surface area contributed by atoms with Gasteiger partial charge in [-0.3, -0.25) is 4.90 Å². The maximum atomic E-state index is 5.81. The molecule has 3 nitrogen and oxygen atoms in total. The van der Waals surface area contributed by atoms with Crippen molar-refractivity contribution in [2.75, 3.05) is 32.7 Å². The predicted molar refractivity (Wildman–Crippen MR) is 85.8 cm³/mol. The summed E-state index contributed by atoms with van der Waals surface area (Å²) in [7, 11) is 0. The number of likely N-dealkylation sites (N-methyl/N-ethyl adjacent to an activating group) is 1. The standard InChI is InChI=1S/C17H29N3/c1-3-20(4-2)17-10-12-19(14-17)11-9-15-7-5-6-8-16(15)13-18/h5-8,17H,3-4,9-14,18H2,1-2H3. The van der Waals surface area contributed by atoms with Gasteiger partial charge in [0.1, 0.15) is 0 Å². The molecule has 0 aromatic heterocycles. The first kappa shape index (κ1) is 15.5. The fourth-order valence-corrected chi connectivity index (χ4v) is 3.33. The molecule has 112 valence electrons. The average Bonchev–Trinajstić information content (AvgIpc) is 2.95. The molecule has 0 bridgehead atoms. The zero-order chi connectivity index (χ0) is 14.4. The van der Waals surface area contributed by atoms with Crippen LogP contribution in [0.3, 0.4) is 0 Å². The van der Waals surface area contributed by atoms with E-state index in [0.717, 1.165) is 19.0 Å². The van der Waals surface area contributed by atoms with E-state index in [1.165, 1.54) is 43.7 Å². The largest absolute Gasteiger partial charge is 0.326 e. The molecule has 1 unspecified atom stereocenters. The molecule has 1 fully saturated rings. The van der Waals surface area contributed by atoms with Gasteiger partial charge < -0.3 is 10.6 Å². The van der Waals surface area contributed by atoms with Crippen molar-refractivity contribution < 1.29 is 0 Å². The molecular formula is C17H29N3. The summed E-state index contributed by atoms with van der Waals surface area (Å²) in [4.78, 5) is 5.20. The first-order valence-electron chi connectivity index (χ1n) is 8.01. The van der Waals surface area contributed by atoms with E-state index in [1.807, 2.05) is 0 Å². The minimum atomic E-state index is 0.651. The second kappa shape index (κ2) is 7.77. The molecule has 0 saturated carbocycles. The number of benzene rings is 1. The Morgan fingerprint density at radius 2 is 1.90 bits per heavy atom. The average molecular weight is 275 g/mol. The highest BCUT2D eigenvalue weighted by molar-refractivity contribution is 5.27. The highest BCUT2D eigenvalue weighted by Gasteiger charge is 2.25. The van der Waals surface area contributed by atoms with Crippen LogP contribution in [0.5, 0.6) is 0 Å². The molecule has 1 atom stereocenters. The lowest BCUT2D eigenvalue weighted by molar-refractivity contribution is 0.211. The third-order valence-corrected chi connectivity index (χ3v) is 4.61. The summed E-state index contributed by atoms with van der Waals surface area (Å²) in [6, 6.07) is 9.34. The number of rotatable bonds is 7. The summed E-state index contributed by atoms with van der Waals surface area (Å²) in [6.45, 7) is 11.2. The number of hydrogen-bond donors (Lipinski definition) is 1. The molecule has 1 aromatic rings. The molecule has 1 heterocycles. The Balaban J connectivity index is 1.84. The Hall–Kier alpha value is -0.900. The van der Waals surface area contributed by atoms with E-state index in [0.29, 0.717) is 6.54 Å². The fraction of sp³-hybridized carbons (Fsp3) is 0.647. The van der Waals surface area contributed by atoms with E-state index < -0.39 is 0 Å². The Bertz CT molecular complexity index is 401. The smallest absolute Gasteiger partial charge is 0.0235 e. The van der Waals surface area contributed by atoms with Crippen molar-refractivity contribution in [3.05, 3.63) is 35.4 Å². The van der Waals surface area contributed by atoms with Crippen molar-refractivity contribution in [1.29, 1.82) is 0 Å². The number of nitrogens with two attached hydrogens (primary N) is 1. The van der Waals surface area contributed by atoms with Gasteiger partial charge in [-0.2, -0.15) is 0 Å². The molecular weight excluding hydrogens is 246 g/mol. The Morgan fingerprint density at radius 1 is 1.20 bits per heavy atom. The first-order chi connectivity index (χ1) is 9.78. The molecule has 0 amide bonds. The zero-order valence-corrected chi connectivity index (χ0v) is 13.0. The van der Waals surface area contributed by atoms with Crippen LogP contribution in [0.1, 0.15) is 31.4 Å². The van der Waals surface area contributed by atoms with Crippen molar-refractivity contribution in [2.24, 2.45) is 5.73 Å². The number of likely N-dealkylation sites (tertiary alicyclic amines) is 1. The van der Waals surface area contributed by atoms with Crippen molar-refractivity contribution in [2.45, 2.75) is 39.3 Å². The van der Waals surface area contributed by atoms with Crippen LogP contribution in [-0.2, 0) is 13.0 Å². The van der Waals surface area contributed by atoms with Gasteiger partial charge in [0.15, 0.2) is 0 Å². The summed E-state index contributed by atoms with van der Waals surface area (Å²) in [5, 5.41) is 0. The molecule has 2 N–H and O–H groups in total. The maximum Gasteiger partial charge on any atom is 0.0235 e. The molecule has 20 heavy (non-hydrogen) atoms.